The first-order chi connectivity index (χ1) is 13.6. The third-order valence-corrected chi connectivity index (χ3v) is 4.66. The van der Waals surface area contributed by atoms with Gasteiger partial charge in [0.1, 0.15) is 11.5 Å². The molecule has 0 bridgehead atoms. The van der Waals surface area contributed by atoms with Crippen LogP contribution in [0.15, 0.2) is 46.0 Å². The predicted octanol–water partition coefficient (Wildman–Crippen LogP) is 1.83. The molecule has 2 aromatic carbocycles. The van der Waals surface area contributed by atoms with Crippen LogP contribution >= 0.6 is 0 Å². The lowest BCUT2D eigenvalue weighted by Gasteiger charge is -2.24. The van der Waals surface area contributed by atoms with E-state index < -0.39 is 4.92 Å². The van der Waals surface area contributed by atoms with Crippen LogP contribution in [-0.4, -0.2) is 59.5 Å². The van der Waals surface area contributed by atoms with Crippen molar-refractivity contribution in [3.05, 3.63) is 52.1 Å². The molecule has 1 aromatic heterocycles. The van der Waals surface area contributed by atoms with Crippen molar-refractivity contribution in [2.24, 2.45) is 4.99 Å². The summed E-state index contributed by atoms with van der Waals surface area (Å²) in [5.41, 5.74) is 2.07. The summed E-state index contributed by atoms with van der Waals surface area (Å²) in [5.74, 6) is 0.759. The van der Waals surface area contributed by atoms with Gasteiger partial charge in [-0.05, 0) is 16.4 Å². The molecule has 0 fully saturated rings. The van der Waals surface area contributed by atoms with Gasteiger partial charge in [-0.15, -0.1) is 0 Å². The van der Waals surface area contributed by atoms with E-state index in [1.165, 1.54) is 0 Å². The number of amidine groups is 1. The number of nitro groups is 1. The number of hydrogen-bond donors (Lipinski definition) is 1. The van der Waals surface area contributed by atoms with Gasteiger partial charge in [0.05, 0.1) is 23.8 Å². The fourth-order valence-electron chi connectivity index (χ4n) is 3.36. The fraction of sp³-hybridized carbons (Fsp3) is 0.278. The number of hydrogen-bond acceptors (Lipinski definition) is 9. The van der Waals surface area contributed by atoms with Crippen LogP contribution in [0.25, 0.3) is 11.0 Å². The molecule has 0 atom stereocenters. The van der Waals surface area contributed by atoms with E-state index in [0.29, 0.717) is 30.0 Å². The van der Waals surface area contributed by atoms with Crippen molar-refractivity contribution in [3.8, 4) is 0 Å². The zero-order chi connectivity index (χ0) is 19.7. The summed E-state index contributed by atoms with van der Waals surface area (Å²) in [6.07, 6.45) is 0. The number of nitro benzene ring substituents is 1. The standard InChI is InChI=1S/C18H18N6O4/c1-22(9-10-25)14-11-13(15-16(21-28-20-15)17(14)24(26)27)23-8-7-19-18(23)12-5-3-2-4-6-12/h2-6,11,25H,7-10H2,1H3. The molecule has 10 nitrogen and oxygen atoms in total. The minimum Gasteiger partial charge on any atom is -0.395 e. The Kier molecular flexibility index (Phi) is 4.62. The van der Waals surface area contributed by atoms with E-state index in [4.69, 9.17) is 4.63 Å². The van der Waals surface area contributed by atoms with Gasteiger partial charge in [-0.2, -0.15) is 0 Å². The second kappa shape index (κ2) is 7.24. The maximum Gasteiger partial charge on any atom is 0.323 e. The molecule has 0 saturated heterocycles. The Bertz CT molecular complexity index is 1050. The second-order valence-electron chi connectivity index (χ2n) is 6.35. The molecule has 3 aromatic rings. The molecule has 4 rings (SSSR count). The first-order valence-electron chi connectivity index (χ1n) is 8.75. The molecule has 0 amide bonds. The lowest BCUT2D eigenvalue weighted by molar-refractivity contribution is -0.382. The number of aliphatic hydroxyl groups excluding tert-OH is 1. The van der Waals surface area contributed by atoms with Crippen LogP contribution in [0.2, 0.25) is 0 Å². The maximum absolute atomic E-state index is 11.7. The summed E-state index contributed by atoms with van der Waals surface area (Å²) in [5, 5.41) is 28.7. The highest BCUT2D eigenvalue weighted by Crippen LogP contribution is 2.40. The molecular formula is C18H18N6O4. The van der Waals surface area contributed by atoms with Crippen molar-refractivity contribution in [2.75, 3.05) is 43.1 Å². The van der Waals surface area contributed by atoms with Crippen molar-refractivity contribution in [3.63, 3.8) is 0 Å². The highest BCUT2D eigenvalue weighted by molar-refractivity contribution is 6.15. The minimum atomic E-state index is -0.504. The molecule has 0 spiro atoms. The SMILES string of the molecule is CN(CCO)c1cc(N2CCN=C2c2ccccc2)c2nonc2c1[N+](=O)[O-]. The number of benzene rings is 2. The summed E-state index contributed by atoms with van der Waals surface area (Å²) in [6, 6.07) is 11.4. The summed E-state index contributed by atoms with van der Waals surface area (Å²) < 4.78 is 4.85. The van der Waals surface area contributed by atoms with Crippen molar-refractivity contribution in [1.82, 2.24) is 10.3 Å². The normalized spacial score (nSPS) is 13.8. The van der Waals surface area contributed by atoms with Gasteiger partial charge in [0.2, 0.25) is 5.52 Å². The van der Waals surface area contributed by atoms with Gasteiger partial charge in [0, 0.05) is 25.7 Å². The molecule has 1 aliphatic heterocycles. The van der Waals surface area contributed by atoms with Gasteiger partial charge in [-0.3, -0.25) is 15.1 Å². The van der Waals surface area contributed by atoms with E-state index in [-0.39, 0.29) is 24.4 Å². The molecule has 2 heterocycles. The lowest BCUT2D eigenvalue weighted by atomic mass is 10.1. The Labute approximate surface area is 159 Å². The van der Waals surface area contributed by atoms with Gasteiger partial charge < -0.3 is 14.9 Å². The molecular weight excluding hydrogens is 364 g/mol. The third kappa shape index (κ3) is 2.93. The Balaban J connectivity index is 1.90. The zero-order valence-corrected chi connectivity index (χ0v) is 15.1. The van der Waals surface area contributed by atoms with Crippen LogP contribution in [0.5, 0.6) is 0 Å². The van der Waals surface area contributed by atoms with Gasteiger partial charge in [-0.1, -0.05) is 30.3 Å². The number of nitrogens with zero attached hydrogens (tertiary/aromatic N) is 6. The largest absolute Gasteiger partial charge is 0.395 e. The first-order valence-corrected chi connectivity index (χ1v) is 8.75. The molecule has 0 unspecified atom stereocenters. The van der Waals surface area contributed by atoms with E-state index >= 15 is 0 Å². The van der Waals surface area contributed by atoms with E-state index in [2.05, 4.69) is 15.3 Å². The number of anilines is 2. The minimum absolute atomic E-state index is 0.0709. The van der Waals surface area contributed by atoms with Crippen LogP contribution in [0.3, 0.4) is 0 Å². The van der Waals surface area contributed by atoms with Gasteiger partial charge in [-0.25, -0.2) is 4.63 Å². The van der Waals surface area contributed by atoms with E-state index in [9.17, 15) is 15.2 Å². The van der Waals surface area contributed by atoms with Crippen LogP contribution in [0.4, 0.5) is 17.1 Å². The van der Waals surface area contributed by atoms with Gasteiger partial charge >= 0.3 is 5.69 Å². The number of aromatic nitrogens is 2. The number of aliphatic hydroxyl groups is 1. The Morgan fingerprint density at radius 2 is 2.04 bits per heavy atom. The Hall–Kier alpha value is -3.53. The van der Waals surface area contributed by atoms with Crippen molar-refractivity contribution in [2.45, 2.75) is 0 Å². The van der Waals surface area contributed by atoms with E-state index in [0.717, 1.165) is 11.4 Å². The number of rotatable bonds is 6. The topological polar surface area (TPSA) is 121 Å². The molecule has 144 valence electrons. The maximum atomic E-state index is 11.7. The summed E-state index contributed by atoms with van der Waals surface area (Å²) in [7, 11) is 1.68. The molecule has 0 radical (unpaired) electrons. The average Bonchev–Trinajstić information content (AvgIpc) is 3.37. The third-order valence-electron chi connectivity index (χ3n) is 4.66. The Morgan fingerprint density at radius 1 is 1.29 bits per heavy atom. The highest BCUT2D eigenvalue weighted by atomic mass is 16.6. The first kappa shape index (κ1) is 17.9. The fourth-order valence-corrected chi connectivity index (χ4v) is 3.36. The van der Waals surface area contributed by atoms with Crippen molar-refractivity contribution in [1.29, 1.82) is 0 Å². The molecule has 0 aliphatic carbocycles. The highest BCUT2D eigenvalue weighted by Gasteiger charge is 2.31. The quantitative estimate of drug-likeness (QED) is 0.506. The number of likely N-dealkylation sites (N-methyl/N-ethyl adjacent to an activating group) is 1. The molecule has 1 N–H and O–H groups in total. The predicted molar refractivity (Wildman–Crippen MR) is 104 cm³/mol. The average molecular weight is 382 g/mol. The number of fused-ring (bicyclic) bond motifs is 1. The van der Waals surface area contributed by atoms with Crippen molar-refractivity contribution >= 4 is 33.9 Å². The number of aliphatic imine (C=N–C) groups is 1. The molecule has 0 saturated carbocycles. The lowest BCUT2D eigenvalue weighted by Crippen LogP contribution is -2.29. The second-order valence-corrected chi connectivity index (χ2v) is 6.35. The Morgan fingerprint density at radius 3 is 2.75 bits per heavy atom. The monoisotopic (exact) mass is 382 g/mol. The van der Waals surface area contributed by atoms with E-state index in [1.807, 2.05) is 35.2 Å². The summed E-state index contributed by atoms with van der Waals surface area (Å²) in [4.78, 5) is 19.4. The molecule has 10 heteroatoms. The van der Waals surface area contributed by atoms with Crippen molar-refractivity contribution < 1.29 is 14.7 Å². The summed E-state index contributed by atoms with van der Waals surface area (Å²) in [6.45, 7) is 1.29. The van der Waals surface area contributed by atoms with Crippen LogP contribution < -0.4 is 9.80 Å². The van der Waals surface area contributed by atoms with Gasteiger partial charge in [0.25, 0.3) is 0 Å². The summed E-state index contributed by atoms with van der Waals surface area (Å²) >= 11 is 0. The van der Waals surface area contributed by atoms with Crippen LogP contribution in [0, 0.1) is 10.1 Å². The van der Waals surface area contributed by atoms with Gasteiger partial charge in [0.15, 0.2) is 5.52 Å². The van der Waals surface area contributed by atoms with Crippen LogP contribution in [0.1, 0.15) is 5.56 Å². The molecule has 1 aliphatic rings. The van der Waals surface area contributed by atoms with E-state index in [1.54, 1.807) is 18.0 Å². The smallest absolute Gasteiger partial charge is 0.323 e. The molecule has 28 heavy (non-hydrogen) atoms. The van der Waals surface area contributed by atoms with Crippen LogP contribution in [-0.2, 0) is 0 Å². The zero-order valence-electron chi connectivity index (χ0n) is 15.1.